The Bertz CT molecular complexity index is 767. The summed E-state index contributed by atoms with van der Waals surface area (Å²) < 4.78 is 12.2. The molecule has 102 valence electrons. The normalized spacial score (nSPS) is 10.7. The van der Waals surface area contributed by atoms with E-state index in [4.69, 9.17) is 9.15 Å². The zero-order valence-corrected chi connectivity index (χ0v) is 11.0. The number of H-pyrrole nitrogens is 1. The van der Waals surface area contributed by atoms with E-state index in [-0.39, 0.29) is 0 Å². The van der Waals surface area contributed by atoms with Gasteiger partial charge in [0.2, 0.25) is 0 Å². The van der Waals surface area contributed by atoms with Crippen molar-refractivity contribution in [2.75, 3.05) is 7.11 Å². The molecule has 0 aliphatic carbocycles. The first-order valence-corrected chi connectivity index (χ1v) is 6.22. The number of nitrogens with zero attached hydrogens (tertiary/aromatic N) is 1. The van der Waals surface area contributed by atoms with Crippen LogP contribution < -0.4 is 10.5 Å². The molecule has 1 N–H and O–H groups in total. The summed E-state index contributed by atoms with van der Waals surface area (Å²) in [5, 5.41) is 0. The Hall–Kier alpha value is -2.69. The first-order valence-electron chi connectivity index (χ1n) is 6.22. The van der Waals surface area contributed by atoms with E-state index >= 15 is 0 Å². The highest BCUT2D eigenvalue weighted by molar-refractivity contribution is 5.64. The van der Waals surface area contributed by atoms with Gasteiger partial charge in [-0.25, -0.2) is 4.79 Å². The summed E-state index contributed by atoms with van der Waals surface area (Å²) in [7, 11) is 1.65. The third kappa shape index (κ3) is 2.51. The van der Waals surface area contributed by atoms with Crippen molar-refractivity contribution in [3.05, 3.63) is 65.2 Å². The number of oxazole rings is 1. The molecule has 2 aromatic heterocycles. The monoisotopic (exact) mass is 270 g/mol. The molecule has 0 spiro atoms. The molecule has 0 radical (unpaired) electrons. The summed E-state index contributed by atoms with van der Waals surface area (Å²) in [6, 6.07) is 9.89. The van der Waals surface area contributed by atoms with Crippen LogP contribution in [0.5, 0.6) is 5.75 Å². The van der Waals surface area contributed by atoms with Gasteiger partial charge in [-0.3, -0.25) is 4.98 Å². The number of aromatic amines is 1. The van der Waals surface area contributed by atoms with E-state index in [1.807, 2.05) is 47.3 Å². The Kier molecular flexibility index (Phi) is 3.16. The summed E-state index contributed by atoms with van der Waals surface area (Å²) in [5.74, 6) is 0.995. The van der Waals surface area contributed by atoms with Crippen LogP contribution in [0.3, 0.4) is 0 Å². The molecule has 1 aromatic carbocycles. The quantitative estimate of drug-likeness (QED) is 0.792. The lowest BCUT2D eigenvalue weighted by Gasteiger charge is -2.02. The van der Waals surface area contributed by atoms with Gasteiger partial charge < -0.3 is 13.7 Å². The highest BCUT2D eigenvalue weighted by Crippen LogP contribution is 2.24. The van der Waals surface area contributed by atoms with Gasteiger partial charge in [-0.05, 0) is 29.3 Å². The molecule has 0 aliphatic rings. The van der Waals surface area contributed by atoms with Crippen molar-refractivity contribution < 1.29 is 9.15 Å². The molecule has 0 bridgehead atoms. The molecule has 2 heterocycles. The number of benzene rings is 1. The molecule has 0 saturated carbocycles. The standard InChI is InChI=1S/C15H14N2O3/c1-19-13-4-2-3-11(7-13)12-5-6-17(9-12)10-14-8-16-15(18)20-14/h2-9H,10H2,1H3,(H,16,18). The molecule has 5 heteroatoms. The lowest BCUT2D eigenvalue weighted by molar-refractivity contribution is 0.415. The van der Waals surface area contributed by atoms with Crippen molar-refractivity contribution in [3.63, 3.8) is 0 Å². The maximum absolute atomic E-state index is 10.9. The Morgan fingerprint density at radius 3 is 2.95 bits per heavy atom. The van der Waals surface area contributed by atoms with Gasteiger partial charge in [-0.15, -0.1) is 0 Å². The molecule has 3 rings (SSSR count). The number of nitrogens with one attached hydrogen (secondary N) is 1. The summed E-state index contributed by atoms with van der Waals surface area (Å²) in [6.07, 6.45) is 5.52. The minimum Gasteiger partial charge on any atom is -0.497 e. The lowest BCUT2D eigenvalue weighted by Crippen LogP contribution is -1.96. The Morgan fingerprint density at radius 1 is 1.30 bits per heavy atom. The minimum absolute atomic E-state index is 0.430. The highest BCUT2D eigenvalue weighted by atomic mass is 16.5. The van der Waals surface area contributed by atoms with E-state index in [0.29, 0.717) is 12.3 Å². The molecule has 3 aromatic rings. The molecule has 0 amide bonds. The van der Waals surface area contributed by atoms with Crippen LogP contribution in [-0.4, -0.2) is 16.7 Å². The fourth-order valence-electron chi connectivity index (χ4n) is 2.09. The van der Waals surface area contributed by atoms with Crippen molar-refractivity contribution in [1.82, 2.24) is 9.55 Å². The van der Waals surface area contributed by atoms with Crippen molar-refractivity contribution in [2.45, 2.75) is 6.54 Å². The van der Waals surface area contributed by atoms with Crippen LogP contribution in [0, 0.1) is 0 Å². The molecule has 0 atom stereocenters. The van der Waals surface area contributed by atoms with E-state index in [0.717, 1.165) is 16.9 Å². The van der Waals surface area contributed by atoms with E-state index in [9.17, 15) is 4.79 Å². The molecular formula is C15H14N2O3. The first-order chi connectivity index (χ1) is 9.74. The fraction of sp³-hybridized carbons (Fsp3) is 0.133. The van der Waals surface area contributed by atoms with E-state index < -0.39 is 5.76 Å². The van der Waals surface area contributed by atoms with Crippen LogP contribution in [-0.2, 0) is 6.54 Å². The number of hydrogen-bond acceptors (Lipinski definition) is 3. The minimum atomic E-state index is -0.430. The second-order valence-electron chi connectivity index (χ2n) is 4.45. The first kappa shape index (κ1) is 12.3. The average Bonchev–Trinajstić information content (AvgIpc) is 3.09. The fourth-order valence-corrected chi connectivity index (χ4v) is 2.09. The van der Waals surface area contributed by atoms with Gasteiger partial charge in [0.05, 0.1) is 13.7 Å². The molecular weight excluding hydrogens is 256 g/mol. The van der Waals surface area contributed by atoms with Gasteiger partial charge in [-0.2, -0.15) is 0 Å². The smallest absolute Gasteiger partial charge is 0.416 e. The van der Waals surface area contributed by atoms with Crippen molar-refractivity contribution in [3.8, 4) is 16.9 Å². The molecule has 0 saturated heterocycles. The van der Waals surface area contributed by atoms with Crippen molar-refractivity contribution in [2.24, 2.45) is 0 Å². The van der Waals surface area contributed by atoms with Crippen LogP contribution in [0.4, 0.5) is 0 Å². The molecule has 0 aliphatic heterocycles. The van der Waals surface area contributed by atoms with Crippen molar-refractivity contribution in [1.29, 1.82) is 0 Å². The number of ether oxygens (including phenoxy) is 1. The zero-order chi connectivity index (χ0) is 13.9. The number of aromatic nitrogens is 2. The summed E-state index contributed by atoms with van der Waals surface area (Å²) in [5.41, 5.74) is 2.17. The predicted molar refractivity (Wildman–Crippen MR) is 74.9 cm³/mol. The molecule has 20 heavy (non-hydrogen) atoms. The maximum Gasteiger partial charge on any atom is 0.416 e. The summed E-state index contributed by atoms with van der Waals surface area (Å²) in [4.78, 5) is 13.4. The van der Waals surface area contributed by atoms with Gasteiger partial charge in [-0.1, -0.05) is 12.1 Å². The maximum atomic E-state index is 10.9. The average molecular weight is 270 g/mol. The van der Waals surface area contributed by atoms with Gasteiger partial charge in [0.15, 0.2) is 0 Å². The van der Waals surface area contributed by atoms with E-state index in [2.05, 4.69) is 4.98 Å². The molecule has 0 unspecified atom stereocenters. The summed E-state index contributed by atoms with van der Waals surface area (Å²) in [6.45, 7) is 0.517. The number of hydrogen-bond donors (Lipinski definition) is 1. The SMILES string of the molecule is COc1cccc(-c2ccn(Cc3c[nH]c(=O)o3)c2)c1. The van der Waals surface area contributed by atoms with E-state index in [1.54, 1.807) is 13.3 Å². The third-order valence-electron chi connectivity index (χ3n) is 3.07. The zero-order valence-electron chi connectivity index (χ0n) is 11.0. The van der Waals surface area contributed by atoms with E-state index in [1.165, 1.54) is 0 Å². The van der Waals surface area contributed by atoms with Crippen LogP contribution in [0.1, 0.15) is 5.76 Å². The van der Waals surface area contributed by atoms with Crippen LogP contribution in [0.25, 0.3) is 11.1 Å². The molecule has 5 nitrogen and oxygen atoms in total. The van der Waals surface area contributed by atoms with Crippen LogP contribution in [0.2, 0.25) is 0 Å². The number of rotatable bonds is 4. The Labute approximate surface area is 115 Å². The van der Waals surface area contributed by atoms with Gasteiger partial charge in [0.1, 0.15) is 11.5 Å². The topological polar surface area (TPSA) is 60.2 Å². The Balaban J connectivity index is 1.84. The Morgan fingerprint density at radius 2 is 2.20 bits per heavy atom. The van der Waals surface area contributed by atoms with Gasteiger partial charge >= 0.3 is 5.76 Å². The lowest BCUT2D eigenvalue weighted by atomic mass is 10.1. The van der Waals surface area contributed by atoms with Crippen molar-refractivity contribution >= 4 is 0 Å². The molecule has 0 fully saturated rings. The highest BCUT2D eigenvalue weighted by Gasteiger charge is 2.04. The predicted octanol–water partition coefficient (Wildman–Crippen LogP) is 2.49. The third-order valence-corrected chi connectivity index (χ3v) is 3.07. The summed E-state index contributed by atoms with van der Waals surface area (Å²) >= 11 is 0. The largest absolute Gasteiger partial charge is 0.497 e. The van der Waals surface area contributed by atoms with Gasteiger partial charge in [0, 0.05) is 18.6 Å². The van der Waals surface area contributed by atoms with Crippen LogP contribution >= 0.6 is 0 Å². The van der Waals surface area contributed by atoms with Gasteiger partial charge in [0.25, 0.3) is 0 Å². The number of methoxy groups -OCH3 is 1. The van der Waals surface area contributed by atoms with Crippen LogP contribution in [0.15, 0.2) is 58.1 Å². The second kappa shape index (κ2) is 5.13. The second-order valence-corrected chi connectivity index (χ2v) is 4.45.